The Morgan fingerprint density at radius 3 is 2.26 bits per heavy atom. The highest BCUT2D eigenvalue weighted by atomic mass is 16.5. The first-order valence-corrected chi connectivity index (χ1v) is 11.7. The molecule has 0 aliphatic carbocycles. The lowest BCUT2D eigenvalue weighted by Gasteiger charge is -2.20. The van der Waals surface area contributed by atoms with Crippen LogP contribution in [0.5, 0.6) is 23.1 Å². The Bertz CT molecular complexity index is 1140. The number of amides is 2. The fourth-order valence-corrected chi connectivity index (χ4v) is 3.86. The highest BCUT2D eigenvalue weighted by Gasteiger charge is 2.18. The minimum absolute atomic E-state index is 0.0584. The van der Waals surface area contributed by atoms with Gasteiger partial charge in [-0.2, -0.15) is 0 Å². The number of hydrogen-bond donors (Lipinski definition) is 1. The topological polar surface area (TPSA) is 90.0 Å². The summed E-state index contributed by atoms with van der Waals surface area (Å²) >= 11 is 0. The summed E-state index contributed by atoms with van der Waals surface area (Å²) in [6.07, 6.45) is 5.84. The third-order valence-electron chi connectivity index (χ3n) is 5.72. The van der Waals surface area contributed by atoms with Crippen molar-refractivity contribution < 1.29 is 23.8 Å². The molecule has 1 N–H and O–H groups in total. The number of pyridine rings is 1. The van der Waals surface area contributed by atoms with Gasteiger partial charge in [-0.1, -0.05) is 37.1 Å². The van der Waals surface area contributed by atoms with Crippen molar-refractivity contribution in [1.82, 2.24) is 9.88 Å². The molecule has 0 saturated carbocycles. The van der Waals surface area contributed by atoms with E-state index in [0.717, 1.165) is 38.8 Å². The first kappa shape index (κ1) is 24.1. The van der Waals surface area contributed by atoms with Crippen molar-refractivity contribution in [2.75, 3.05) is 32.1 Å². The first-order valence-electron chi connectivity index (χ1n) is 11.7. The smallest absolute Gasteiger partial charge is 0.260 e. The van der Waals surface area contributed by atoms with E-state index in [0.29, 0.717) is 34.4 Å². The fraction of sp³-hybridized carbons (Fsp3) is 0.296. The van der Waals surface area contributed by atoms with Crippen LogP contribution in [0.1, 0.15) is 36.0 Å². The minimum Gasteiger partial charge on any atom is -0.493 e. The quantitative estimate of drug-likeness (QED) is 0.498. The molecule has 1 fully saturated rings. The van der Waals surface area contributed by atoms with Crippen LogP contribution < -0.4 is 19.5 Å². The molecule has 0 unspecified atom stereocenters. The normalized spacial score (nSPS) is 13.5. The molecule has 3 aromatic rings. The molecule has 8 nitrogen and oxygen atoms in total. The molecule has 0 radical (unpaired) electrons. The van der Waals surface area contributed by atoms with E-state index < -0.39 is 0 Å². The average Bonchev–Trinajstić information content (AvgIpc) is 3.19. The van der Waals surface area contributed by atoms with Gasteiger partial charge in [0.2, 0.25) is 5.88 Å². The van der Waals surface area contributed by atoms with Crippen LogP contribution >= 0.6 is 0 Å². The number of para-hydroxylation sites is 3. The number of anilines is 1. The zero-order chi connectivity index (χ0) is 24.5. The Kier molecular flexibility index (Phi) is 8.17. The SMILES string of the molecule is COc1ccccc1Oc1ccc(NC(=O)c2ccccc2OCC(=O)N2CCCCCC2)cn1. The molecular weight excluding hydrogens is 446 g/mol. The highest BCUT2D eigenvalue weighted by Crippen LogP contribution is 2.30. The maximum absolute atomic E-state index is 12.9. The van der Waals surface area contributed by atoms with Gasteiger partial charge in [0, 0.05) is 19.2 Å². The van der Waals surface area contributed by atoms with Gasteiger partial charge in [-0.3, -0.25) is 9.59 Å². The summed E-state index contributed by atoms with van der Waals surface area (Å²) in [5.74, 6) is 1.44. The van der Waals surface area contributed by atoms with Crippen molar-refractivity contribution in [2.45, 2.75) is 25.7 Å². The second-order valence-electron chi connectivity index (χ2n) is 8.17. The van der Waals surface area contributed by atoms with Gasteiger partial charge in [0.1, 0.15) is 5.75 Å². The number of hydrogen-bond acceptors (Lipinski definition) is 6. The molecule has 1 saturated heterocycles. The number of likely N-dealkylation sites (tertiary alicyclic amines) is 1. The van der Waals surface area contributed by atoms with E-state index in [9.17, 15) is 9.59 Å². The van der Waals surface area contributed by atoms with Crippen LogP contribution in [0, 0.1) is 0 Å². The second-order valence-corrected chi connectivity index (χ2v) is 8.17. The molecule has 4 rings (SSSR count). The largest absolute Gasteiger partial charge is 0.493 e. The predicted molar refractivity (Wildman–Crippen MR) is 132 cm³/mol. The lowest BCUT2D eigenvalue weighted by atomic mass is 10.2. The molecule has 182 valence electrons. The summed E-state index contributed by atoms with van der Waals surface area (Å²) in [7, 11) is 1.57. The highest BCUT2D eigenvalue weighted by molar-refractivity contribution is 6.06. The number of rotatable bonds is 8. The minimum atomic E-state index is -0.358. The van der Waals surface area contributed by atoms with Gasteiger partial charge in [-0.25, -0.2) is 4.98 Å². The van der Waals surface area contributed by atoms with Crippen molar-refractivity contribution in [2.24, 2.45) is 0 Å². The van der Waals surface area contributed by atoms with Gasteiger partial charge in [0.15, 0.2) is 18.1 Å². The number of nitrogens with one attached hydrogen (secondary N) is 1. The van der Waals surface area contributed by atoms with E-state index in [4.69, 9.17) is 14.2 Å². The Morgan fingerprint density at radius 2 is 1.57 bits per heavy atom. The van der Waals surface area contributed by atoms with Crippen LogP contribution in [0.2, 0.25) is 0 Å². The molecular formula is C27H29N3O5. The van der Waals surface area contributed by atoms with Gasteiger partial charge in [-0.15, -0.1) is 0 Å². The van der Waals surface area contributed by atoms with Crippen molar-refractivity contribution >= 4 is 17.5 Å². The zero-order valence-corrected chi connectivity index (χ0v) is 19.7. The van der Waals surface area contributed by atoms with E-state index in [2.05, 4.69) is 10.3 Å². The standard InChI is InChI=1S/C27H29N3O5/c1-33-23-12-6-7-13-24(23)35-25-15-14-20(18-28-25)29-27(32)21-10-4-5-11-22(21)34-19-26(31)30-16-8-2-3-9-17-30/h4-7,10-15,18H,2-3,8-9,16-17,19H2,1H3,(H,29,32). The lowest BCUT2D eigenvalue weighted by Crippen LogP contribution is -2.35. The van der Waals surface area contributed by atoms with Crippen molar-refractivity contribution in [1.29, 1.82) is 0 Å². The number of aromatic nitrogens is 1. The van der Waals surface area contributed by atoms with Gasteiger partial charge >= 0.3 is 0 Å². The molecule has 2 aromatic carbocycles. The van der Waals surface area contributed by atoms with Crippen LogP contribution in [0.3, 0.4) is 0 Å². The van der Waals surface area contributed by atoms with Gasteiger partial charge < -0.3 is 24.4 Å². The number of carbonyl (C=O) groups excluding carboxylic acids is 2. The number of ether oxygens (including phenoxy) is 3. The first-order chi connectivity index (χ1) is 17.1. The van der Waals surface area contributed by atoms with Crippen LogP contribution in [-0.4, -0.2) is 48.5 Å². The van der Waals surface area contributed by atoms with Crippen LogP contribution in [0.4, 0.5) is 5.69 Å². The summed E-state index contributed by atoms with van der Waals surface area (Å²) in [4.78, 5) is 31.6. The Morgan fingerprint density at radius 1 is 0.886 bits per heavy atom. The number of methoxy groups -OCH3 is 1. The molecule has 2 heterocycles. The number of benzene rings is 2. The monoisotopic (exact) mass is 475 g/mol. The third-order valence-corrected chi connectivity index (χ3v) is 5.72. The molecule has 1 aliphatic heterocycles. The summed E-state index contributed by atoms with van der Waals surface area (Å²) < 4.78 is 16.8. The van der Waals surface area contributed by atoms with E-state index in [1.54, 1.807) is 55.6 Å². The molecule has 35 heavy (non-hydrogen) atoms. The van der Waals surface area contributed by atoms with Crippen LogP contribution in [0.25, 0.3) is 0 Å². The summed E-state index contributed by atoms with van der Waals surface area (Å²) in [5, 5.41) is 2.81. The second kappa shape index (κ2) is 11.9. The Balaban J connectivity index is 1.37. The fourth-order valence-electron chi connectivity index (χ4n) is 3.86. The number of nitrogens with zero attached hydrogens (tertiary/aromatic N) is 2. The average molecular weight is 476 g/mol. The molecule has 1 aromatic heterocycles. The van der Waals surface area contributed by atoms with E-state index in [1.807, 2.05) is 17.0 Å². The predicted octanol–water partition coefficient (Wildman–Crippen LogP) is 4.92. The summed E-state index contributed by atoms with van der Waals surface area (Å²) in [6.45, 7) is 1.42. The molecule has 8 heteroatoms. The Hall–Kier alpha value is -4.07. The van der Waals surface area contributed by atoms with E-state index in [-0.39, 0.29) is 18.4 Å². The molecule has 0 bridgehead atoms. The van der Waals surface area contributed by atoms with Crippen LogP contribution in [0.15, 0.2) is 66.9 Å². The molecule has 0 atom stereocenters. The molecule has 0 spiro atoms. The maximum atomic E-state index is 12.9. The van der Waals surface area contributed by atoms with E-state index in [1.165, 1.54) is 6.20 Å². The molecule has 2 amide bonds. The van der Waals surface area contributed by atoms with Crippen molar-refractivity contribution in [3.8, 4) is 23.1 Å². The van der Waals surface area contributed by atoms with Crippen molar-refractivity contribution in [3.63, 3.8) is 0 Å². The zero-order valence-electron chi connectivity index (χ0n) is 19.7. The summed E-state index contributed by atoms with van der Waals surface area (Å²) in [5.41, 5.74) is 0.836. The van der Waals surface area contributed by atoms with Gasteiger partial charge in [0.05, 0.1) is 24.6 Å². The van der Waals surface area contributed by atoms with Gasteiger partial charge in [-0.05, 0) is 43.2 Å². The third kappa shape index (κ3) is 6.50. The maximum Gasteiger partial charge on any atom is 0.260 e. The lowest BCUT2D eigenvalue weighted by molar-refractivity contribution is -0.133. The molecule has 1 aliphatic rings. The van der Waals surface area contributed by atoms with Crippen LogP contribution in [-0.2, 0) is 4.79 Å². The summed E-state index contributed by atoms with van der Waals surface area (Å²) in [6, 6.07) is 17.5. The van der Waals surface area contributed by atoms with Crippen molar-refractivity contribution in [3.05, 3.63) is 72.4 Å². The van der Waals surface area contributed by atoms with E-state index >= 15 is 0 Å². The van der Waals surface area contributed by atoms with Gasteiger partial charge in [0.25, 0.3) is 11.8 Å². The number of carbonyl (C=O) groups is 2. The Labute approximate surface area is 204 Å².